The van der Waals surface area contributed by atoms with Crippen LogP contribution in [0.5, 0.6) is 0 Å². The summed E-state index contributed by atoms with van der Waals surface area (Å²) in [6.45, 7) is 1.76. The fourth-order valence-corrected chi connectivity index (χ4v) is 1.56. The van der Waals surface area contributed by atoms with Crippen molar-refractivity contribution in [3.8, 4) is 0 Å². The van der Waals surface area contributed by atoms with Crippen molar-refractivity contribution in [2.45, 2.75) is 6.92 Å². The molecule has 1 aromatic rings. The molecular formula is C12H12ClNO3. The highest BCUT2D eigenvalue weighted by Crippen LogP contribution is 2.19. The maximum Gasteiger partial charge on any atom is 0.340 e. The van der Waals surface area contributed by atoms with Crippen LogP contribution in [0.4, 0.5) is 0 Å². The van der Waals surface area contributed by atoms with E-state index in [0.717, 1.165) is 0 Å². The number of hydrogen-bond donors (Lipinski definition) is 0. The van der Waals surface area contributed by atoms with E-state index in [1.165, 1.54) is 26.6 Å². The highest BCUT2D eigenvalue weighted by Gasteiger charge is 2.15. The smallest absolute Gasteiger partial charge is 0.340 e. The number of carbonyl (C=O) groups is 1. The molecule has 1 rings (SSSR count). The lowest BCUT2D eigenvalue weighted by Gasteiger charge is -2.07. The van der Waals surface area contributed by atoms with Crippen LogP contribution in [0.25, 0.3) is 6.08 Å². The van der Waals surface area contributed by atoms with E-state index < -0.39 is 5.97 Å². The van der Waals surface area contributed by atoms with Crippen LogP contribution in [0.1, 0.15) is 21.6 Å². The Bertz CT molecular complexity index is 491. The number of hydrogen-bond acceptors (Lipinski definition) is 4. The van der Waals surface area contributed by atoms with E-state index in [4.69, 9.17) is 21.1 Å². The Morgan fingerprint density at radius 2 is 2.24 bits per heavy atom. The number of nitrogens with zero attached hydrogens (tertiary/aromatic N) is 1. The predicted octanol–water partition coefficient (Wildman–Crippen LogP) is 2.60. The van der Waals surface area contributed by atoms with Crippen LogP contribution in [-0.2, 0) is 9.47 Å². The molecule has 0 N–H and O–H groups in total. The lowest BCUT2D eigenvalue weighted by atomic mass is 10.1. The van der Waals surface area contributed by atoms with Crippen molar-refractivity contribution in [3.05, 3.63) is 40.0 Å². The van der Waals surface area contributed by atoms with Gasteiger partial charge in [0.05, 0.1) is 25.5 Å². The van der Waals surface area contributed by atoms with Crippen LogP contribution in [0.3, 0.4) is 0 Å². The number of esters is 1. The minimum absolute atomic E-state index is 0.306. The van der Waals surface area contributed by atoms with Gasteiger partial charge in [-0.1, -0.05) is 17.3 Å². The molecule has 1 aromatic heterocycles. The van der Waals surface area contributed by atoms with Gasteiger partial charge in [0.1, 0.15) is 11.4 Å². The van der Waals surface area contributed by atoms with Gasteiger partial charge in [0.15, 0.2) is 0 Å². The molecule has 0 unspecified atom stereocenters. The molecule has 0 fully saturated rings. The molecule has 5 heteroatoms. The second kappa shape index (κ2) is 6.09. The molecule has 0 aliphatic heterocycles. The summed E-state index contributed by atoms with van der Waals surface area (Å²) in [5.41, 5.74) is 4.19. The van der Waals surface area contributed by atoms with Crippen LogP contribution in [0.15, 0.2) is 18.1 Å². The van der Waals surface area contributed by atoms with Gasteiger partial charge in [-0.15, -0.1) is 0 Å². The molecule has 90 valence electrons. The quantitative estimate of drug-likeness (QED) is 0.360. The summed E-state index contributed by atoms with van der Waals surface area (Å²) < 4.78 is 9.40. The van der Waals surface area contributed by atoms with E-state index in [1.54, 1.807) is 13.0 Å². The number of aromatic nitrogens is 1. The van der Waals surface area contributed by atoms with Gasteiger partial charge in [-0.3, -0.25) is 0 Å². The van der Waals surface area contributed by atoms with Gasteiger partial charge in [0.2, 0.25) is 0 Å². The maximum absolute atomic E-state index is 11.6. The number of pyridine rings is 1. The standard InChI is InChI=1S/C12H12ClNO3/c1-8-7-10(13)14-9(5-4-6-16-2)11(8)12(15)17-3/h5-7H,1-3H3. The second-order valence-corrected chi connectivity index (χ2v) is 3.57. The first-order chi connectivity index (χ1) is 8.10. The van der Waals surface area contributed by atoms with Crippen molar-refractivity contribution >= 4 is 23.6 Å². The summed E-state index contributed by atoms with van der Waals surface area (Å²) in [5, 5.41) is 0.306. The van der Waals surface area contributed by atoms with E-state index in [2.05, 4.69) is 10.7 Å². The minimum Gasteiger partial charge on any atom is -0.496 e. The van der Waals surface area contributed by atoms with Gasteiger partial charge in [0.25, 0.3) is 0 Å². The summed E-state index contributed by atoms with van der Waals surface area (Å²) in [7, 11) is 2.81. The topological polar surface area (TPSA) is 48.4 Å². The van der Waals surface area contributed by atoms with Gasteiger partial charge in [-0.2, -0.15) is 0 Å². The van der Waals surface area contributed by atoms with E-state index in [1.807, 2.05) is 0 Å². The first kappa shape index (κ1) is 13.3. The van der Waals surface area contributed by atoms with E-state index in [-0.39, 0.29) is 0 Å². The van der Waals surface area contributed by atoms with Crippen molar-refractivity contribution in [2.75, 3.05) is 14.2 Å². The Hall–Kier alpha value is -1.77. The Morgan fingerprint density at radius 1 is 1.53 bits per heavy atom. The highest BCUT2D eigenvalue weighted by molar-refractivity contribution is 6.29. The van der Waals surface area contributed by atoms with E-state index >= 15 is 0 Å². The summed E-state index contributed by atoms with van der Waals surface area (Å²) in [6.07, 6.45) is 2.85. The third-order valence-electron chi connectivity index (χ3n) is 2.01. The number of carbonyl (C=O) groups excluding carboxylic acids is 1. The number of rotatable bonds is 3. The van der Waals surface area contributed by atoms with Gasteiger partial charge in [-0.25, -0.2) is 9.78 Å². The molecule has 0 aliphatic carbocycles. The summed E-state index contributed by atoms with van der Waals surface area (Å²) in [5.74, 6) is -0.461. The molecule has 1 heterocycles. The summed E-state index contributed by atoms with van der Waals surface area (Å²) in [6, 6.07) is 1.60. The van der Waals surface area contributed by atoms with Crippen LogP contribution in [0.2, 0.25) is 5.15 Å². The van der Waals surface area contributed by atoms with Crippen LogP contribution >= 0.6 is 11.6 Å². The second-order valence-electron chi connectivity index (χ2n) is 3.18. The molecular weight excluding hydrogens is 242 g/mol. The number of aryl methyl sites for hydroxylation is 1. The Labute approximate surface area is 105 Å². The lowest BCUT2D eigenvalue weighted by molar-refractivity contribution is 0.0599. The first-order valence-electron chi connectivity index (χ1n) is 4.79. The van der Waals surface area contributed by atoms with E-state index in [0.29, 0.717) is 22.0 Å². The Morgan fingerprint density at radius 3 is 2.82 bits per heavy atom. The van der Waals surface area contributed by atoms with Gasteiger partial charge in [-0.05, 0) is 18.6 Å². The number of methoxy groups -OCH3 is 2. The molecule has 0 amide bonds. The van der Waals surface area contributed by atoms with Crippen molar-refractivity contribution in [1.29, 1.82) is 0 Å². The molecule has 0 bridgehead atoms. The molecule has 0 aromatic carbocycles. The largest absolute Gasteiger partial charge is 0.496 e. The maximum atomic E-state index is 11.6. The minimum atomic E-state index is -0.461. The Kier molecular flexibility index (Phi) is 4.76. The average molecular weight is 254 g/mol. The van der Waals surface area contributed by atoms with Gasteiger partial charge in [0, 0.05) is 6.08 Å². The normalized spacial score (nSPS) is 9.18. The van der Waals surface area contributed by atoms with E-state index in [9.17, 15) is 4.79 Å². The number of ether oxygens (including phenoxy) is 2. The zero-order valence-electron chi connectivity index (χ0n) is 9.78. The molecule has 0 aliphatic rings. The summed E-state index contributed by atoms with van der Waals surface area (Å²) in [4.78, 5) is 15.7. The monoisotopic (exact) mass is 253 g/mol. The van der Waals surface area contributed by atoms with Crippen molar-refractivity contribution in [3.63, 3.8) is 0 Å². The SMILES string of the molecule is COC=C=Cc1nc(Cl)cc(C)c1C(=O)OC. The van der Waals surface area contributed by atoms with Crippen LogP contribution < -0.4 is 0 Å². The fourth-order valence-electron chi connectivity index (χ4n) is 1.31. The third-order valence-corrected chi connectivity index (χ3v) is 2.20. The zero-order chi connectivity index (χ0) is 12.8. The van der Waals surface area contributed by atoms with Crippen molar-refractivity contribution < 1.29 is 14.3 Å². The van der Waals surface area contributed by atoms with Crippen LogP contribution in [0, 0.1) is 6.92 Å². The molecule has 0 spiro atoms. The zero-order valence-corrected chi connectivity index (χ0v) is 10.5. The molecule has 0 atom stereocenters. The Balaban J connectivity index is 3.35. The predicted molar refractivity (Wildman–Crippen MR) is 64.9 cm³/mol. The highest BCUT2D eigenvalue weighted by atomic mass is 35.5. The number of halogens is 1. The van der Waals surface area contributed by atoms with Crippen molar-refractivity contribution in [2.24, 2.45) is 0 Å². The first-order valence-corrected chi connectivity index (χ1v) is 5.17. The third kappa shape index (κ3) is 3.34. The molecule has 0 saturated carbocycles. The van der Waals surface area contributed by atoms with Crippen molar-refractivity contribution in [1.82, 2.24) is 4.98 Å². The van der Waals surface area contributed by atoms with Gasteiger partial charge >= 0.3 is 5.97 Å². The molecule has 0 radical (unpaired) electrons. The molecule has 0 saturated heterocycles. The average Bonchev–Trinajstić information content (AvgIpc) is 2.28. The van der Waals surface area contributed by atoms with Crippen LogP contribution in [-0.4, -0.2) is 25.2 Å². The molecule has 4 nitrogen and oxygen atoms in total. The summed E-state index contributed by atoms with van der Waals surface area (Å²) >= 11 is 5.83. The van der Waals surface area contributed by atoms with Gasteiger partial charge < -0.3 is 9.47 Å². The fraction of sp³-hybridized carbons (Fsp3) is 0.250. The lowest BCUT2D eigenvalue weighted by Crippen LogP contribution is -2.08. The molecule has 17 heavy (non-hydrogen) atoms.